The minimum Gasteiger partial charge on any atom is -0.480 e. The van der Waals surface area contributed by atoms with Crippen LogP contribution < -0.4 is 5.32 Å². The Morgan fingerprint density at radius 3 is 2.50 bits per heavy atom. The summed E-state index contributed by atoms with van der Waals surface area (Å²) >= 11 is 0. The van der Waals surface area contributed by atoms with Crippen LogP contribution in [-0.4, -0.2) is 27.6 Å². The van der Waals surface area contributed by atoms with Gasteiger partial charge in [-0.1, -0.05) is 32.1 Å². The van der Waals surface area contributed by atoms with Gasteiger partial charge in [0.2, 0.25) is 0 Å². The number of carbonyl (C=O) groups excluding carboxylic acids is 1. The Bertz CT molecular complexity index is 459. The molecule has 5 heteroatoms. The van der Waals surface area contributed by atoms with Gasteiger partial charge in [-0.05, 0) is 25.0 Å². The molecule has 2 rings (SSSR count). The van der Waals surface area contributed by atoms with E-state index >= 15 is 0 Å². The van der Waals surface area contributed by atoms with Crippen LogP contribution in [0.2, 0.25) is 0 Å². The fraction of sp³-hybridized carbons (Fsp3) is 0.600. The minimum atomic E-state index is -0.943. The van der Waals surface area contributed by atoms with Gasteiger partial charge in [-0.2, -0.15) is 0 Å². The van der Waals surface area contributed by atoms with Crippen molar-refractivity contribution < 1.29 is 14.7 Å². The first kappa shape index (κ1) is 14.6. The molecule has 0 unspecified atom stereocenters. The van der Waals surface area contributed by atoms with Crippen LogP contribution in [0, 0.1) is 0 Å². The molecule has 0 bridgehead atoms. The zero-order valence-corrected chi connectivity index (χ0v) is 11.7. The lowest BCUT2D eigenvalue weighted by atomic mass is 9.96. The molecule has 1 aromatic rings. The summed E-state index contributed by atoms with van der Waals surface area (Å²) < 4.78 is 1.47. The van der Waals surface area contributed by atoms with Crippen LogP contribution in [0.4, 0.5) is 0 Å². The number of aromatic nitrogens is 1. The van der Waals surface area contributed by atoms with Crippen molar-refractivity contribution in [2.24, 2.45) is 0 Å². The highest BCUT2D eigenvalue weighted by atomic mass is 16.4. The summed E-state index contributed by atoms with van der Waals surface area (Å²) in [5, 5.41) is 11.9. The molecule has 1 aromatic heterocycles. The van der Waals surface area contributed by atoms with Crippen molar-refractivity contribution in [3.63, 3.8) is 0 Å². The smallest absolute Gasteiger partial charge is 0.323 e. The van der Waals surface area contributed by atoms with E-state index in [2.05, 4.69) is 5.32 Å². The van der Waals surface area contributed by atoms with Crippen LogP contribution in [0.5, 0.6) is 0 Å². The average molecular weight is 278 g/mol. The van der Waals surface area contributed by atoms with Crippen molar-refractivity contribution >= 4 is 11.9 Å². The van der Waals surface area contributed by atoms with E-state index in [0.29, 0.717) is 5.69 Å². The molecule has 5 nitrogen and oxygen atoms in total. The third kappa shape index (κ3) is 4.11. The highest BCUT2D eigenvalue weighted by Crippen LogP contribution is 2.17. The molecule has 110 valence electrons. The minimum absolute atomic E-state index is 0.165. The number of carboxylic acid groups (broad SMARTS) is 1. The molecule has 1 aliphatic rings. The zero-order valence-electron chi connectivity index (χ0n) is 11.7. The van der Waals surface area contributed by atoms with Gasteiger partial charge in [0.05, 0.1) is 0 Å². The fourth-order valence-electron chi connectivity index (χ4n) is 2.76. The fourth-order valence-corrected chi connectivity index (χ4v) is 2.76. The molecular weight excluding hydrogens is 256 g/mol. The van der Waals surface area contributed by atoms with Gasteiger partial charge in [0.25, 0.3) is 5.91 Å². The molecule has 1 aliphatic carbocycles. The molecule has 0 aromatic carbocycles. The molecular formula is C15H22N2O3. The van der Waals surface area contributed by atoms with E-state index in [4.69, 9.17) is 5.11 Å². The topological polar surface area (TPSA) is 71.3 Å². The van der Waals surface area contributed by atoms with Crippen LogP contribution in [0.1, 0.15) is 55.4 Å². The second kappa shape index (κ2) is 7.12. The molecule has 1 heterocycles. The van der Waals surface area contributed by atoms with E-state index in [-0.39, 0.29) is 18.5 Å². The van der Waals surface area contributed by atoms with E-state index in [1.54, 1.807) is 18.3 Å². The van der Waals surface area contributed by atoms with Crippen LogP contribution >= 0.6 is 0 Å². The maximum atomic E-state index is 12.2. The third-order valence-electron chi connectivity index (χ3n) is 3.81. The lowest BCUT2D eigenvalue weighted by Gasteiger charge is -2.21. The number of nitrogens with one attached hydrogen (secondary N) is 1. The number of hydrogen-bond acceptors (Lipinski definition) is 2. The number of carbonyl (C=O) groups is 2. The summed E-state index contributed by atoms with van der Waals surface area (Å²) in [5.41, 5.74) is 0.425. The first-order chi connectivity index (χ1) is 9.66. The molecule has 0 aliphatic heterocycles. The quantitative estimate of drug-likeness (QED) is 0.888. The second-order valence-electron chi connectivity index (χ2n) is 5.43. The molecule has 0 radical (unpaired) electrons. The van der Waals surface area contributed by atoms with E-state index in [0.717, 1.165) is 25.7 Å². The zero-order chi connectivity index (χ0) is 14.4. The van der Waals surface area contributed by atoms with Gasteiger partial charge < -0.3 is 15.0 Å². The summed E-state index contributed by atoms with van der Waals surface area (Å²) in [5.74, 6) is -1.11. The molecule has 0 saturated heterocycles. The van der Waals surface area contributed by atoms with Gasteiger partial charge in [0.15, 0.2) is 0 Å². The van der Waals surface area contributed by atoms with Gasteiger partial charge in [-0.3, -0.25) is 9.59 Å². The van der Waals surface area contributed by atoms with Gasteiger partial charge in [-0.25, -0.2) is 0 Å². The Hall–Kier alpha value is -1.78. The van der Waals surface area contributed by atoms with Gasteiger partial charge >= 0.3 is 5.97 Å². The molecule has 0 spiro atoms. The Morgan fingerprint density at radius 2 is 1.85 bits per heavy atom. The number of rotatable bonds is 4. The molecule has 1 amide bonds. The largest absolute Gasteiger partial charge is 0.480 e. The normalized spacial score (nSPS) is 17.2. The van der Waals surface area contributed by atoms with Gasteiger partial charge in [0, 0.05) is 12.2 Å². The van der Waals surface area contributed by atoms with Gasteiger partial charge in [0.1, 0.15) is 12.2 Å². The van der Waals surface area contributed by atoms with Crippen molar-refractivity contribution in [1.29, 1.82) is 0 Å². The second-order valence-corrected chi connectivity index (χ2v) is 5.43. The van der Waals surface area contributed by atoms with Crippen molar-refractivity contribution in [3.05, 3.63) is 24.0 Å². The van der Waals surface area contributed by atoms with Crippen molar-refractivity contribution in [1.82, 2.24) is 9.88 Å². The SMILES string of the molecule is O=C(O)Cn1cccc1C(=O)NC1CCCCCCC1. The Morgan fingerprint density at radius 1 is 1.20 bits per heavy atom. The average Bonchev–Trinajstić information content (AvgIpc) is 2.79. The van der Waals surface area contributed by atoms with Gasteiger partial charge in [-0.15, -0.1) is 0 Å². The highest BCUT2D eigenvalue weighted by Gasteiger charge is 2.17. The summed E-state index contributed by atoms with van der Waals surface area (Å²) in [6, 6.07) is 3.59. The van der Waals surface area contributed by atoms with Crippen molar-refractivity contribution in [2.45, 2.75) is 57.5 Å². The Labute approximate surface area is 119 Å². The van der Waals surface area contributed by atoms with Crippen molar-refractivity contribution in [2.75, 3.05) is 0 Å². The number of carboxylic acids is 1. The molecule has 1 saturated carbocycles. The van der Waals surface area contributed by atoms with Crippen LogP contribution in [-0.2, 0) is 11.3 Å². The summed E-state index contributed by atoms with van der Waals surface area (Å²) in [7, 11) is 0. The number of hydrogen-bond donors (Lipinski definition) is 2. The van der Waals surface area contributed by atoms with Crippen LogP contribution in [0.3, 0.4) is 0 Å². The predicted molar refractivity (Wildman–Crippen MR) is 75.6 cm³/mol. The number of amides is 1. The third-order valence-corrected chi connectivity index (χ3v) is 3.81. The molecule has 0 atom stereocenters. The van der Waals surface area contributed by atoms with E-state index in [9.17, 15) is 9.59 Å². The van der Waals surface area contributed by atoms with Crippen LogP contribution in [0.15, 0.2) is 18.3 Å². The monoisotopic (exact) mass is 278 g/mol. The predicted octanol–water partition coefficient (Wildman–Crippen LogP) is 2.42. The molecule has 20 heavy (non-hydrogen) atoms. The highest BCUT2D eigenvalue weighted by molar-refractivity contribution is 5.93. The first-order valence-corrected chi connectivity index (χ1v) is 7.34. The Kier molecular flexibility index (Phi) is 5.21. The van der Waals surface area contributed by atoms with Crippen molar-refractivity contribution in [3.8, 4) is 0 Å². The van der Waals surface area contributed by atoms with Crippen LogP contribution in [0.25, 0.3) is 0 Å². The molecule has 2 N–H and O–H groups in total. The summed E-state index contributed by atoms with van der Waals surface area (Å²) in [6.07, 6.45) is 9.74. The van der Waals surface area contributed by atoms with E-state index in [1.807, 2.05) is 0 Å². The lowest BCUT2D eigenvalue weighted by Crippen LogP contribution is -2.36. The summed E-state index contributed by atoms with van der Waals surface area (Å²) in [4.78, 5) is 23.0. The first-order valence-electron chi connectivity index (χ1n) is 7.34. The summed E-state index contributed by atoms with van der Waals surface area (Å²) in [6.45, 7) is -0.180. The number of nitrogens with zero attached hydrogens (tertiary/aromatic N) is 1. The van der Waals surface area contributed by atoms with E-state index in [1.165, 1.54) is 23.8 Å². The maximum absolute atomic E-state index is 12.2. The lowest BCUT2D eigenvalue weighted by molar-refractivity contribution is -0.137. The standard InChI is InChI=1S/C15H22N2O3/c18-14(19)11-17-10-6-9-13(17)15(20)16-12-7-4-2-1-3-5-8-12/h6,9-10,12H,1-5,7-8,11H2,(H,16,20)(H,18,19). The maximum Gasteiger partial charge on any atom is 0.323 e. The molecule has 1 fully saturated rings. The Balaban J connectivity index is 1.96. The number of aliphatic carboxylic acids is 1. The van der Waals surface area contributed by atoms with E-state index < -0.39 is 5.97 Å².